The molecule has 1 aromatic carbocycles. The van der Waals surface area contributed by atoms with E-state index in [-0.39, 0.29) is 6.03 Å². The second kappa shape index (κ2) is 6.55. The van der Waals surface area contributed by atoms with Crippen LogP contribution in [0.3, 0.4) is 0 Å². The third kappa shape index (κ3) is 3.63. The first-order valence-corrected chi connectivity index (χ1v) is 8.62. The van der Waals surface area contributed by atoms with Crippen molar-refractivity contribution in [3.63, 3.8) is 0 Å². The smallest absolute Gasteiger partial charge is 0.319 e. The number of hydrogen-bond acceptors (Lipinski definition) is 3. The molecule has 0 bridgehead atoms. The highest BCUT2D eigenvalue weighted by atomic mass is 16.2. The van der Waals surface area contributed by atoms with Crippen LogP contribution in [0.1, 0.15) is 31.4 Å². The van der Waals surface area contributed by atoms with E-state index in [1.54, 1.807) is 12.4 Å². The van der Waals surface area contributed by atoms with Crippen molar-refractivity contribution < 1.29 is 4.79 Å². The molecule has 128 valence electrons. The Bertz CT molecular complexity index is 899. The first-order chi connectivity index (χ1) is 12.2. The third-order valence-corrected chi connectivity index (χ3v) is 4.70. The predicted molar refractivity (Wildman–Crippen MR) is 97.3 cm³/mol. The molecule has 1 saturated carbocycles. The van der Waals surface area contributed by atoms with Gasteiger partial charge in [0.05, 0.1) is 23.4 Å². The van der Waals surface area contributed by atoms with Gasteiger partial charge in [-0.2, -0.15) is 5.10 Å². The molecule has 3 aromatic rings. The number of fused-ring (bicyclic) bond motifs is 1. The number of carbonyl (C=O) groups excluding carboxylic acids is 1. The minimum Gasteiger partial charge on any atom is -0.334 e. The van der Waals surface area contributed by atoms with Crippen LogP contribution < -0.4 is 10.6 Å². The van der Waals surface area contributed by atoms with Crippen LogP contribution in [0.4, 0.5) is 10.5 Å². The summed E-state index contributed by atoms with van der Waals surface area (Å²) in [6, 6.07) is 10.1. The molecule has 2 aromatic heterocycles. The van der Waals surface area contributed by atoms with Crippen molar-refractivity contribution in [2.75, 3.05) is 5.32 Å². The molecule has 1 fully saturated rings. The Hall–Kier alpha value is -2.89. The van der Waals surface area contributed by atoms with E-state index in [1.807, 2.05) is 41.2 Å². The standard InChI is InChI=1S/C19H21N5O/c1-13(15-5-6-15)24-12-17(11-22-24)23-19(25)21-10-14-4-7-18-16(9-14)3-2-8-20-18/h2-4,7-9,11-13,15H,5-6,10H2,1H3,(H2,21,23,25). The molecule has 1 aliphatic rings. The van der Waals surface area contributed by atoms with Crippen molar-refractivity contribution in [2.24, 2.45) is 5.92 Å². The van der Waals surface area contributed by atoms with E-state index in [9.17, 15) is 4.79 Å². The quantitative estimate of drug-likeness (QED) is 0.746. The van der Waals surface area contributed by atoms with Crippen LogP contribution in [0.15, 0.2) is 48.9 Å². The van der Waals surface area contributed by atoms with Gasteiger partial charge in [-0.15, -0.1) is 0 Å². The Kier molecular flexibility index (Phi) is 4.09. The summed E-state index contributed by atoms with van der Waals surface area (Å²) in [5.41, 5.74) is 2.70. The number of amides is 2. The molecule has 0 aliphatic heterocycles. The molecule has 1 atom stereocenters. The molecule has 1 unspecified atom stereocenters. The second-order valence-corrected chi connectivity index (χ2v) is 6.63. The highest BCUT2D eigenvalue weighted by Gasteiger charge is 2.29. The van der Waals surface area contributed by atoms with Crippen LogP contribution in [-0.2, 0) is 6.54 Å². The van der Waals surface area contributed by atoms with Crippen LogP contribution in [0.25, 0.3) is 10.9 Å². The molecule has 0 saturated heterocycles. The summed E-state index contributed by atoms with van der Waals surface area (Å²) >= 11 is 0. The van der Waals surface area contributed by atoms with Gasteiger partial charge in [-0.3, -0.25) is 9.67 Å². The molecule has 1 aliphatic carbocycles. The van der Waals surface area contributed by atoms with Gasteiger partial charge in [0, 0.05) is 24.3 Å². The lowest BCUT2D eigenvalue weighted by atomic mass is 10.1. The maximum Gasteiger partial charge on any atom is 0.319 e. The minimum absolute atomic E-state index is 0.232. The van der Waals surface area contributed by atoms with Gasteiger partial charge in [0.1, 0.15) is 0 Å². The van der Waals surface area contributed by atoms with Crippen molar-refractivity contribution in [3.8, 4) is 0 Å². The fourth-order valence-corrected chi connectivity index (χ4v) is 3.01. The van der Waals surface area contributed by atoms with E-state index in [0.29, 0.717) is 18.3 Å². The van der Waals surface area contributed by atoms with E-state index in [2.05, 4.69) is 27.6 Å². The maximum absolute atomic E-state index is 12.1. The van der Waals surface area contributed by atoms with E-state index in [1.165, 1.54) is 12.8 Å². The molecule has 0 spiro atoms. The molecular weight excluding hydrogens is 314 g/mol. The molecule has 0 radical (unpaired) electrons. The summed E-state index contributed by atoms with van der Waals surface area (Å²) in [5.74, 6) is 0.726. The summed E-state index contributed by atoms with van der Waals surface area (Å²) in [7, 11) is 0. The maximum atomic E-state index is 12.1. The van der Waals surface area contributed by atoms with Gasteiger partial charge >= 0.3 is 6.03 Å². The Morgan fingerprint density at radius 3 is 3.08 bits per heavy atom. The van der Waals surface area contributed by atoms with Gasteiger partial charge in [0.15, 0.2) is 0 Å². The fourth-order valence-electron chi connectivity index (χ4n) is 3.01. The van der Waals surface area contributed by atoms with Gasteiger partial charge in [-0.05, 0) is 49.4 Å². The first-order valence-electron chi connectivity index (χ1n) is 8.62. The SMILES string of the molecule is CC(C1CC1)n1cc(NC(=O)NCc2ccc3ncccc3c2)cn1. The van der Waals surface area contributed by atoms with Crippen molar-refractivity contribution in [2.45, 2.75) is 32.4 Å². The summed E-state index contributed by atoms with van der Waals surface area (Å²) in [6.45, 7) is 2.63. The van der Waals surface area contributed by atoms with Gasteiger partial charge in [0.25, 0.3) is 0 Å². The van der Waals surface area contributed by atoms with E-state index >= 15 is 0 Å². The van der Waals surface area contributed by atoms with Crippen LogP contribution in [-0.4, -0.2) is 20.8 Å². The number of carbonyl (C=O) groups is 1. The largest absolute Gasteiger partial charge is 0.334 e. The monoisotopic (exact) mass is 335 g/mol. The Morgan fingerprint density at radius 1 is 1.36 bits per heavy atom. The molecular formula is C19H21N5O. The van der Waals surface area contributed by atoms with Crippen molar-refractivity contribution in [1.29, 1.82) is 0 Å². The van der Waals surface area contributed by atoms with Gasteiger partial charge in [0.2, 0.25) is 0 Å². The minimum atomic E-state index is -0.232. The van der Waals surface area contributed by atoms with Gasteiger partial charge < -0.3 is 10.6 Å². The Labute approximate surface area is 146 Å². The molecule has 2 N–H and O–H groups in total. The number of anilines is 1. The number of nitrogens with zero attached hydrogens (tertiary/aromatic N) is 3. The Morgan fingerprint density at radius 2 is 2.24 bits per heavy atom. The summed E-state index contributed by atoms with van der Waals surface area (Å²) in [5, 5.41) is 11.1. The lowest BCUT2D eigenvalue weighted by Gasteiger charge is -2.10. The highest BCUT2D eigenvalue weighted by Crippen LogP contribution is 2.39. The zero-order chi connectivity index (χ0) is 17.2. The van der Waals surface area contributed by atoms with Crippen molar-refractivity contribution in [3.05, 3.63) is 54.5 Å². The lowest BCUT2D eigenvalue weighted by molar-refractivity contribution is 0.251. The number of benzene rings is 1. The first kappa shape index (κ1) is 15.6. The van der Waals surface area contributed by atoms with Crippen LogP contribution in [0.5, 0.6) is 0 Å². The molecule has 2 heterocycles. The number of pyridine rings is 1. The third-order valence-electron chi connectivity index (χ3n) is 4.70. The number of rotatable bonds is 5. The van der Waals surface area contributed by atoms with Gasteiger partial charge in [-0.1, -0.05) is 12.1 Å². The molecule has 25 heavy (non-hydrogen) atoms. The fraction of sp³-hybridized carbons (Fsp3) is 0.316. The summed E-state index contributed by atoms with van der Waals surface area (Å²) in [6.07, 6.45) is 7.90. The number of urea groups is 1. The molecule has 6 heteroatoms. The van der Waals surface area contributed by atoms with Gasteiger partial charge in [-0.25, -0.2) is 4.79 Å². The summed E-state index contributed by atoms with van der Waals surface area (Å²) in [4.78, 5) is 16.4. The number of aromatic nitrogens is 3. The second-order valence-electron chi connectivity index (χ2n) is 6.63. The van der Waals surface area contributed by atoms with Crippen LogP contribution in [0, 0.1) is 5.92 Å². The average Bonchev–Trinajstić information content (AvgIpc) is 3.38. The molecule has 4 rings (SSSR count). The topological polar surface area (TPSA) is 71.8 Å². The predicted octanol–water partition coefficient (Wildman–Crippen LogP) is 3.72. The number of hydrogen-bond donors (Lipinski definition) is 2. The number of nitrogens with one attached hydrogen (secondary N) is 2. The zero-order valence-corrected chi connectivity index (χ0v) is 14.1. The normalized spacial score (nSPS) is 15.1. The van der Waals surface area contributed by atoms with E-state index < -0.39 is 0 Å². The van der Waals surface area contributed by atoms with E-state index in [0.717, 1.165) is 22.4 Å². The Balaban J connectivity index is 1.33. The van der Waals surface area contributed by atoms with E-state index in [4.69, 9.17) is 0 Å². The lowest BCUT2D eigenvalue weighted by Crippen LogP contribution is -2.28. The van der Waals surface area contributed by atoms with Crippen LogP contribution in [0.2, 0.25) is 0 Å². The zero-order valence-electron chi connectivity index (χ0n) is 14.1. The van der Waals surface area contributed by atoms with Crippen molar-refractivity contribution in [1.82, 2.24) is 20.1 Å². The molecule has 2 amide bonds. The average molecular weight is 335 g/mol. The summed E-state index contributed by atoms with van der Waals surface area (Å²) < 4.78 is 1.93. The van der Waals surface area contributed by atoms with Crippen LogP contribution >= 0.6 is 0 Å². The van der Waals surface area contributed by atoms with Crippen molar-refractivity contribution >= 4 is 22.6 Å². The molecule has 6 nitrogen and oxygen atoms in total. The highest BCUT2D eigenvalue weighted by molar-refractivity contribution is 5.89.